The average Bonchev–Trinajstić information content (AvgIpc) is 2.39. The summed E-state index contributed by atoms with van der Waals surface area (Å²) in [6.07, 6.45) is 1.32. The Morgan fingerprint density at radius 1 is 1.21 bits per heavy atom. The third-order valence-corrected chi connectivity index (χ3v) is 3.94. The molecule has 6 nitrogen and oxygen atoms in total. The van der Waals surface area contributed by atoms with Crippen molar-refractivity contribution in [3.8, 4) is 0 Å². The van der Waals surface area contributed by atoms with Crippen LogP contribution in [0.5, 0.6) is 0 Å². The summed E-state index contributed by atoms with van der Waals surface area (Å²) in [7, 11) is -2.11. The molecule has 0 aliphatic carbocycles. The molecule has 0 atom stereocenters. The molecule has 0 radical (unpaired) electrons. The summed E-state index contributed by atoms with van der Waals surface area (Å²) in [5, 5.41) is 3.26. The van der Waals surface area contributed by atoms with E-state index in [9.17, 15) is 8.42 Å². The predicted octanol–water partition coefficient (Wildman–Crippen LogP) is 1.78. The van der Waals surface area contributed by atoms with Gasteiger partial charge in [-0.1, -0.05) is 17.7 Å². The van der Waals surface area contributed by atoms with E-state index in [1.807, 2.05) is 0 Å². The normalized spacial score (nSPS) is 11.3. The highest BCUT2D eigenvalue weighted by atomic mass is 35.5. The first kappa shape index (κ1) is 13.7. The van der Waals surface area contributed by atoms with Crippen LogP contribution in [-0.4, -0.2) is 25.4 Å². The third-order valence-electron chi connectivity index (χ3n) is 2.32. The second-order valence-corrected chi connectivity index (χ2v) is 5.86. The zero-order valence-corrected chi connectivity index (χ0v) is 11.5. The minimum Gasteiger partial charge on any atom is -0.340 e. The molecule has 8 heteroatoms. The second-order valence-electron chi connectivity index (χ2n) is 3.59. The van der Waals surface area contributed by atoms with E-state index >= 15 is 0 Å². The number of sulfonamides is 1. The molecule has 0 bridgehead atoms. The van der Waals surface area contributed by atoms with Crippen molar-refractivity contribution in [2.75, 3.05) is 12.4 Å². The molecule has 0 fully saturated rings. The van der Waals surface area contributed by atoms with Crippen molar-refractivity contribution < 1.29 is 8.42 Å². The Balaban J connectivity index is 2.30. The van der Waals surface area contributed by atoms with E-state index in [-0.39, 0.29) is 4.90 Å². The van der Waals surface area contributed by atoms with Crippen molar-refractivity contribution in [1.29, 1.82) is 0 Å². The van der Waals surface area contributed by atoms with Crippen LogP contribution < -0.4 is 10.0 Å². The summed E-state index contributed by atoms with van der Waals surface area (Å²) in [6.45, 7) is 0. The van der Waals surface area contributed by atoms with Crippen molar-refractivity contribution in [3.63, 3.8) is 0 Å². The van der Waals surface area contributed by atoms with Crippen molar-refractivity contribution in [2.45, 2.75) is 4.90 Å². The van der Waals surface area contributed by atoms with E-state index in [1.165, 1.54) is 25.5 Å². The maximum atomic E-state index is 11.7. The lowest BCUT2D eigenvalue weighted by Crippen LogP contribution is -2.18. The first-order chi connectivity index (χ1) is 9.01. The second kappa shape index (κ2) is 5.52. The van der Waals surface area contributed by atoms with Gasteiger partial charge >= 0.3 is 0 Å². The van der Waals surface area contributed by atoms with Crippen LogP contribution in [-0.2, 0) is 10.0 Å². The Kier molecular flexibility index (Phi) is 3.98. The Labute approximate surface area is 115 Å². The SMILES string of the molecule is CNS(=O)(=O)c1cccc(Nc2cc(Cl)ncn2)c1. The first-order valence-corrected chi connectivity index (χ1v) is 7.15. The van der Waals surface area contributed by atoms with Gasteiger partial charge in [0.25, 0.3) is 0 Å². The molecule has 1 aromatic heterocycles. The van der Waals surface area contributed by atoms with E-state index in [0.29, 0.717) is 16.7 Å². The standard InChI is InChI=1S/C11H11ClN4O2S/c1-13-19(17,18)9-4-2-3-8(5-9)16-11-6-10(12)14-7-15-11/h2-7,13H,1H3,(H,14,15,16). The molecule has 0 amide bonds. The van der Waals surface area contributed by atoms with Crippen LogP contribution in [0.3, 0.4) is 0 Å². The van der Waals surface area contributed by atoms with Gasteiger partial charge in [-0.3, -0.25) is 0 Å². The van der Waals surface area contributed by atoms with Crippen molar-refractivity contribution in [3.05, 3.63) is 41.8 Å². The number of nitrogens with one attached hydrogen (secondary N) is 2. The monoisotopic (exact) mass is 298 g/mol. The molecule has 2 aromatic rings. The Morgan fingerprint density at radius 2 is 2.00 bits per heavy atom. The number of rotatable bonds is 4. The molecule has 0 spiro atoms. The molecular formula is C11H11ClN4O2S. The smallest absolute Gasteiger partial charge is 0.240 e. The summed E-state index contributed by atoms with van der Waals surface area (Å²) in [5.41, 5.74) is 0.589. The molecule has 2 rings (SSSR count). The fraction of sp³-hybridized carbons (Fsp3) is 0.0909. The molecule has 0 aliphatic rings. The number of aromatic nitrogens is 2. The van der Waals surface area contributed by atoms with Crippen LogP contribution in [0.4, 0.5) is 11.5 Å². The summed E-state index contributed by atoms with van der Waals surface area (Å²) in [5.74, 6) is 0.485. The van der Waals surface area contributed by atoms with Gasteiger partial charge < -0.3 is 5.32 Å². The minimum atomic E-state index is -3.47. The average molecular weight is 299 g/mol. The molecule has 2 N–H and O–H groups in total. The van der Waals surface area contributed by atoms with E-state index < -0.39 is 10.0 Å². The van der Waals surface area contributed by atoms with Gasteiger partial charge in [-0.25, -0.2) is 23.1 Å². The quantitative estimate of drug-likeness (QED) is 0.841. The van der Waals surface area contributed by atoms with Gasteiger partial charge in [-0.15, -0.1) is 0 Å². The summed E-state index contributed by atoms with van der Waals surface area (Å²) < 4.78 is 25.6. The van der Waals surface area contributed by atoms with Gasteiger partial charge in [-0.2, -0.15) is 0 Å². The number of halogens is 1. The predicted molar refractivity (Wildman–Crippen MR) is 73.0 cm³/mol. The van der Waals surface area contributed by atoms with Crippen LogP contribution in [0, 0.1) is 0 Å². The van der Waals surface area contributed by atoms with Gasteiger partial charge in [0.1, 0.15) is 17.3 Å². The first-order valence-electron chi connectivity index (χ1n) is 5.29. The zero-order valence-electron chi connectivity index (χ0n) is 9.96. The molecule has 0 unspecified atom stereocenters. The van der Waals surface area contributed by atoms with Crippen LogP contribution in [0.15, 0.2) is 41.6 Å². The number of nitrogens with zero attached hydrogens (tertiary/aromatic N) is 2. The number of anilines is 2. The number of hydrogen-bond donors (Lipinski definition) is 2. The van der Waals surface area contributed by atoms with E-state index in [0.717, 1.165) is 0 Å². The third kappa shape index (κ3) is 3.40. The van der Waals surface area contributed by atoms with Gasteiger partial charge in [0.05, 0.1) is 4.90 Å². The molecule has 1 heterocycles. The van der Waals surface area contributed by atoms with Gasteiger partial charge in [-0.05, 0) is 25.2 Å². The summed E-state index contributed by atoms with van der Waals surface area (Å²) in [4.78, 5) is 7.90. The van der Waals surface area contributed by atoms with Crippen molar-refractivity contribution in [2.24, 2.45) is 0 Å². The summed E-state index contributed by atoms with van der Waals surface area (Å²) in [6, 6.07) is 7.91. The highest BCUT2D eigenvalue weighted by Crippen LogP contribution is 2.19. The maximum Gasteiger partial charge on any atom is 0.240 e. The number of benzene rings is 1. The molecular weight excluding hydrogens is 288 g/mol. The lowest BCUT2D eigenvalue weighted by Gasteiger charge is -2.07. The molecule has 0 aliphatic heterocycles. The molecule has 0 saturated heterocycles. The number of hydrogen-bond acceptors (Lipinski definition) is 5. The van der Waals surface area contributed by atoms with Crippen LogP contribution >= 0.6 is 11.6 Å². The molecule has 0 saturated carbocycles. The molecule has 1 aromatic carbocycles. The summed E-state index contributed by atoms with van der Waals surface area (Å²) >= 11 is 5.74. The van der Waals surface area contributed by atoms with E-state index in [2.05, 4.69) is 20.0 Å². The van der Waals surface area contributed by atoms with Crippen LogP contribution in [0.25, 0.3) is 0 Å². The highest BCUT2D eigenvalue weighted by molar-refractivity contribution is 7.89. The topological polar surface area (TPSA) is 84.0 Å². The van der Waals surface area contributed by atoms with Crippen molar-refractivity contribution in [1.82, 2.24) is 14.7 Å². The fourth-order valence-electron chi connectivity index (χ4n) is 1.41. The van der Waals surface area contributed by atoms with Gasteiger partial charge in [0.2, 0.25) is 10.0 Å². The van der Waals surface area contributed by atoms with Gasteiger partial charge in [0.15, 0.2) is 0 Å². The molecule has 19 heavy (non-hydrogen) atoms. The Morgan fingerprint density at radius 3 is 2.68 bits per heavy atom. The van der Waals surface area contributed by atoms with Crippen LogP contribution in [0.2, 0.25) is 5.15 Å². The largest absolute Gasteiger partial charge is 0.340 e. The zero-order chi connectivity index (χ0) is 13.9. The lowest BCUT2D eigenvalue weighted by molar-refractivity contribution is 0.588. The van der Waals surface area contributed by atoms with Crippen LogP contribution in [0.1, 0.15) is 0 Å². The Bertz CT molecular complexity index is 691. The maximum absolute atomic E-state index is 11.7. The minimum absolute atomic E-state index is 0.167. The van der Waals surface area contributed by atoms with Crippen molar-refractivity contribution >= 4 is 33.1 Å². The Hall–Kier alpha value is -1.70. The lowest BCUT2D eigenvalue weighted by atomic mass is 10.3. The van der Waals surface area contributed by atoms with E-state index in [4.69, 9.17) is 11.6 Å². The van der Waals surface area contributed by atoms with Gasteiger partial charge in [0, 0.05) is 11.8 Å². The van der Waals surface area contributed by atoms with E-state index in [1.54, 1.807) is 18.2 Å². The fourth-order valence-corrected chi connectivity index (χ4v) is 2.33. The molecule has 100 valence electrons. The highest BCUT2D eigenvalue weighted by Gasteiger charge is 2.11.